The molecule has 0 amide bonds. The summed E-state index contributed by atoms with van der Waals surface area (Å²) in [5.41, 5.74) is 1.42. The molecule has 0 saturated carbocycles. The molecule has 4 heterocycles. The summed E-state index contributed by atoms with van der Waals surface area (Å²) in [4.78, 5) is 19.8. The van der Waals surface area contributed by atoms with Gasteiger partial charge in [0.15, 0.2) is 0 Å². The van der Waals surface area contributed by atoms with E-state index in [1.807, 2.05) is 37.3 Å². The zero-order valence-electron chi connectivity index (χ0n) is 20.3. The largest absolute Gasteiger partial charge is 0.419 e. The molecule has 7 nitrogen and oxygen atoms in total. The van der Waals surface area contributed by atoms with E-state index in [1.165, 1.54) is 24.2 Å². The van der Waals surface area contributed by atoms with Crippen molar-refractivity contribution in [3.05, 3.63) is 59.8 Å². The van der Waals surface area contributed by atoms with E-state index >= 15 is 0 Å². The monoisotopic (exact) mass is 497 g/mol. The van der Waals surface area contributed by atoms with Crippen LogP contribution in [0.25, 0.3) is 0 Å². The Morgan fingerprint density at radius 1 is 0.806 bits per heavy atom. The summed E-state index contributed by atoms with van der Waals surface area (Å²) in [6, 6.07) is 12.5. The van der Waals surface area contributed by atoms with E-state index in [9.17, 15) is 13.2 Å². The Morgan fingerprint density at radius 2 is 1.50 bits per heavy atom. The van der Waals surface area contributed by atoms with Crippen molar-refractivity contribution in [2.24, 2.45) is 0 Å². The van der Waals surface area contributed by atoms with Gasteiger partial charge in [-0.2, -0.15) is 23.1 Å². The second-order valence-electron chi connectivity index (χ2n) is 9.30. The van der Waals surface area contributed by atoms with Crippen LogP contribution in [-0.4, -0.2) is 54.2 Å². The van der Waals surface area contributed by atoms with Gasteiger partial charge in [0.2, 0.25) is 5.95 Å². The first kappa shape index (κ1) is 24.1. The lowest BCUT2D eigenvalue weighted by Crippen LogP contribution is -2.47. The number of nitrogens with zero attached hydrogens (tertiary/aromatic N) is 6. The molecule has 0 unspecified atom stereocenters. The molecule has 5 rings (SSSR count). The number of halogens is 3. The van der Waals surface area contributed by atoms with Gasteiger partial charge in [-0.15, -0.1) is 0 Å². The van der Waals surface area contributed by atoms with Crippen molar-refractivity contribution >= 4 is 29.1 Å². The van der Waals surface area contributed by atoms with Crippen LogP contribution >= 0.6 is 0 Å². The lowest BCUT2D eigenvalue weighted by atomic mass is 10.1. The molecular formula is C26H30F3N7. The smallest absolute Gasteiger partial charge is 0.353 e. The van der Waals surface area contributed by atoms with Crippen LogP contribution in [-0.2, 0) is 6.18 Å². The van der Waals surface area contributed by atoms with E-state index in [2.05, 4.69) is 20.1 Å². The number of anilines is 5. The topological polar surface area (TPSA) is 60.4 Å². The first-order chi connectivity index (χ1) is 17.4. The van der Waals surface area contributed by atoms with Gasteiger partial charge in [-0.25, -0.2) is 4.98 Å². The molecule has 36 heavy (non-hydrogen) atoms. The third kappa shape index (κ3) is 5.47. The lowest BCUT2D eigenvalue weighted by molar-refractivity contribution is -0.137. The third-order valence-corrected chi connectivity index (χ3v) is 6.66. The van der Waals surface area contributed by atoms with Crippen LogP contribution in [0.1, 0.15) is 30.4 Å². The summed E-state index contributed by atoms with van der Waals surface area (Å²) in [7, 11) is 0. The van der Waals surface area contributed by atoms with E-state index in [1.54, 1.807) is 4.90 Å². The molecule has 0 spiro atoms. The molecule has 2 aromatic heterocycles. The van der Waals surface area contributed by atoms with Crippen LogP contribution in [0.2, 0.25) is 0 Å². The number of alkyl halides is 3. The predicted molar refractivity (Wildman–Crippen MR) is 136 cm³/mol. The Labute approximate surface area is 209 Å². The van der Waals surface area contributed by atoms with Crippen LogP contribution in [0.15, 0.2) is 48.7 Å². The fourth-order valence-electron chi connectivity index (χ4n) is 4.69. The summed E-state index contributed by atoms with van der Waals surface area (Å²) in [6.45, 7) is 5.79. The summed E-state index contributed by atoms with van der Waals surface area (Å²) >= 11 is 0. The van der Waals surface area contributed by atoms with E-state index in [-0.39, 0.29) is 5.82 Å². The highest BCUT2D eigenvalue weighted by atomic mass is 19.4. The molecule has 0 aliphatic carbocycles. The zero-order chi connectivity index (χ0) is 25.1. The van der Waals surface area contributed by atoms with Crippen LogP contribution in [0.5, 0.6) is 0 Å². The SMILES string of the molecule is Cc1ccc(Nc2cc(N3CCN(c4ncccc4C(F)(F)F)CC3)nc(N3CCCCC3)n2)cc1. The highest BCUT2D eigenvalue weighted by Gasteiger charge is 2.36. The normalized spacial score (nSPS) is 16.8. The Hall–Kier alpha value is -3.56. The summed E-state index contributed by atoms with van der Waals surface area (Å²) in [5.74, 6) is 2.16. The van der Waals surface area contributed by atoms with Gasteiger partial charge in [0.25, 0.3) is 0 Å². The molecule has 190 valence electrons. The predicted octanol–water partition coefficient (Wildman–Crippen LogP) is 5.26. The average Bonchev–Trinajstić information content (AvgIpc) is 2.90. The number of aromatic nitrogens is 3. The van der Waals surface area contributed by atoms with Crippen molar-refractivity contribution in [1.29, 1.82) is 0 Å². The third-order valence-electron chi connectivity index (χ3n) is 6.66. The van der Waals surface area contributed by atoms with Crippen molar-refractivity contribution in [3.63, 3.8) is 0 Å². The van der Waals surface area contributed by atoms with Crippen molar-refractivity contribution in [2.75, 3.05) is 59.3 Å². The molecule has 2 aliphatic rings. The van der Waals surface area contributed by atoms with Crippen molar-refractivity contribution < 1.29 is 13.2 Å². The van der Waals surface area contributed by atoms with Gasteiger partial charge in [-0.1, -0.05) is 17.7 Å². The Bertz CT molecular complexity index is 1170. The molecule has 3 aromatic rings. The van der Waals surface area contributed by atoms with E-state index < -0.39 is 11.7 Å². The van der Waals surface area contributed by atoms with Crippen LogP contribution in [0, 0.1) is 6.92 Å². The van der Waals surface area contributed by atoms with E-state index in [0.717, 1.165) is 43.5 Å². The second kappa shape index (κ2) is 10.2. The minimum atomic E-state index is -4.44. The fraction of sp³-hybridized carbons (Fsp3) is 0.423. The summed E-state index contributed by atoms with van der Waals surface area (Å²) < 4.78 is 40.5. The van der Waals surface area contributed by atoms with E-state index in [0.29, 0.717) is 37.9 Å². The molecular weight excluding hydrogens is 467 g/mol. The van der Waals surface area contributed by atoms with Gasteiger partial charge in [-0.3, -0.25) is 0 Å². The molecule has 0 atom stereocenters. The summed E-state index contributed by atoms with van der Waals surface area (Å²) in [5, 5.41) is 3.40. The number of piperazine rings is 1. The number of rotatable bonds is 5. The van der Waals surface area contributed by atoms with Gasteiger partial charge in [0.1, 0.15) is 17.5 Å². The van der Waals surface area contributed by atoms with Crippen LogP contribution < -0.4 is 20.0 Å². The number of nitrogens with one attached hydrogen (secondary N) is 1. The Kier molecular flexibility index (Phi) is 6.84. The Balaban J connectivity index is 1.37. The number of aryl methyl sites for hydroxylation is 1. The van der Waals surface area contributed by atoms with Crippen LogP contribution in [0.3, 0.4) is 0 Å². The lowest BCUT2D eigenvalue weighted by Gasteiger charge is -2.37. The Morgan fingerprint density at radius 3 is 2.19 bits per heavy atom. The molecule has 10 heteroatoms. The standard InChI is InChI=1S/C26H30F3N7/c1-19-7-9-20(10-8-19)31-22-18-23(33-25(32-22)36-12-3-2-4-13-36)34-14-16-35(17-15-34)24-21(26(27,28)29)6-5-11-30-24/h5-11,18H,2-4,12-17H2,1H3,(H,31,32,33). The minimum Gasteiger partial charge on any atom is -0.353 e. The highest BCUT2D eigenvalue weighted by molar-refractivity contribution is 5.63. The van der Waals surface area contributed by atoms with Crippen molar-refractivity contribution in [2.45, 2.75) is 32.4 Å². The molecule has 1 aromatic carbocycles. The summed E-state index contributed by atoms with van der Waals surface area (Å²) in [6.07, 6.45) is 0.403. The van der Waals surface area contributed by atoms with Gasteiger partial charge >= 0.3 is 6.18 Å². The second-order valence-corrected chi connectivity index (χ2v) is 9.30. The molecule has 2 aliphatic heterocycles. The van der Waals surface area contributed by atoms with Crippen molar-refractivity contribution in [1.82, 2.24) is 15.0 Å². The van der Waals surface area contributed by atoms with Crippen molar-refractivity contribution in [3.8, 4) is 0 Å². The van der Waals surface area contributed by atoms with Crippen LogP contribution in [0.4, 0.5) is 42.3 Å². The van der Waals surface area contributed by atoms with Gasteiger partial charge < -0.3 is 20.0 Å². The van der Waals surface area contributed by atoms with Gasteiger partial charge in [-0.05, 0) is 50.5 Å². The maximum absolute atomic E-state index is 13.5. The number of hydrogen-bond acceptors (Lipinski definition) is 7. The number of piperidine rings is 1. The first-order valence-electron chi connectivity index (χ1n) is 12.4. The van der Waals surface area contributed by atoms with Gasteiger partial charge in [0, 0.05) is 57.2 Å². The molecule has 0 bridgehead atoms. The number of pyridine rings is 1. The molecule has 1 N–H and O–H groups in total. The molecule has 2 saturated heterocycles. The first-order valence-corrected chi connectivity index (χ1v) is 12.4. The quantitative estimate of drug-likeness (QED) is 0.516. The maximum Gasteiger partial charge on any atom is 0.419 e. The molecule has 0 radical (unpaired) electrons. The highest BCUT2D eigenvalue weighted by Crippen LogP contribution is 2.35. The maximum atomic E-state index is 13.5. The van der Waals surface area contributed by atoms with Gasteiger partial charge in [0.05, 0.1) is 5.56 Å². The average molecular weight is 498 g/mol. The number of benzene rings is 1. The fourth-order valence-corrected chi connectivity index (χ4v) is 4.69. The molecule has 2 fully saturated rings. The van der Waals surface area contributed by atoms with E-state index in [4.69, 9.17) is 9.97 Å². The minimum absolute atomic E-state index is 0.0110. The number of hydrogen-bond donors (Lipinski definition) is 1. The zero-order valence-corrected chi connectivity index (χ0v) is 20.3.